The first kappa shape index (κ1) is 19.0. The van der Waals surface area contributed by atoms with Gasteiger partial charge in [0.2, 0.25) is 11.8 Å². The molecule has 1 saturated heterocycles. The van der Waals surface area contributed by atoms with Crippen molar-refractivity contribution in [2.75, 3.05) is 32.8 Å². The Kier molecular flexibility index (Phi) is 6.52. The SMILES string of the molecule is CCOc1ccc(CC(=O)N2CCCN(C(=O)Cc3cc[nH]c3)CC2)cc1. The molecule has 0 radical (unpaired) electrons. The number of carbonyl (C=O) groups is 2. The molecule has 1 aliphatic heterocycles. The molecule has 0 saturated carbocycles. The highest BCUT2D eigenvalue weighted by molar-refractivity contribution is 5.80. The van der Waals surface area contributed by atoms with Gasteiger partial charge in [0.15, 0.2) is 0 Å². The summed E-state index contributed by atoms with van der Waals surface area (Å²) >= 11 is 0. The number of hydrogen-bond acceptors (Lipinski definition) is 3. The fourth-order valence-corrected chi connectivity index (χ4v) is 3.33. The second-order valence-electron chi connectivity index (χ2n) is 6.76. The first-order valence-corrected chi connectivity index (χ1v) is 9.54. The summed E-state index contributed by atoms with van der Waals surface area (Å²) in [5.41, 5.74) is 1.97. The predicted octanol–water partition coefficient (Wildman–Crippen LogP) is 2.26. The van der Waals surface area contributed by atoms with Crippen molar-refractivity contribution >= 4 is 11.8 Å². The maximum atomic E-state index is 12.7. The van der Waals surface area contributed by atoms with E-state index in [4.69, 9.17) is 4.74 Å². The Morgan fingerprint density at radius 3 is 2.11 bits per heavy atom. The number of nitrogens with one attached hydrogen (secondary N) is 1. The zero-order valence-corrected chi connectivity index (χ0v) is 15.8. The van der Waals surface area contributed by atoms with Gasteiger partial charge in [-0.05, 0) is 42.7 Å². The topological polar surface area (TPSA) is 65.6 Å². The number of aromatic nitrogens is 1. The lowest BCUT2D eigenvalue weighted by Crippen LogP contribution is -2.38. The van der Waals surface area contributed by atoms with Gasteiger partial charge in [0.05, 0.1) is 19.4 Å². The smallest absolute Gasteiger partial charge is 0.227 e. The first-order valence-electron chi connectivity index (χ1n) is 9.54. The fourth-order valence-electron chi connectivity index (χ4n) is 3.33. The minimum absolute atomic E-state index is 0.110. The van der Waals surface area contributed by atoms with Crippen LogP contribution in [0.4, 0.5) is 0 Å². The minimum Gasteiger partial charge on any atom is -0.494 e. The molecule has 1 N–H and O–H groups in total. The summed E-state index contributed by atoms with van der Waals surface area (Å²) in [6.45, 7) is 5.17. The molecule has 144 valence electrons. The number of nitrogens with zero attached hydrogens (tertiary/aromatic N) is 2. The van der Waals surface area contributed by atoms with Crippen LogP contribution >= 0.6 is 0 Å². The van der Waals surface area contributed by atoms with E-state index >= 15 is 0 Å². The second kappa shape index (κ2) is 9.26. The van der Waals surface area contributed by atoms with E-state index in [2.05, 4.69) is 4.98 Å². The van der Waals surface area contributed by atoms with Crippen LogP contribution in [0.3, 0.4) is 0 Å². The number of hydrogen-bond donors (Lipinski definition) is 1. The van der Waals surface area contributed by atoms with Crippen molar-refractivity contribution in [2.45, 2.75) is 26.2 Å². The lowest BCUT2D eigenvalue weighted by Gasteiger charge is -2.22. The summed E-state index contributed by atoms with van der Waals surface area (Å²) < 4.78 is 5.44. The van der Waals surface area contributed by atoms with Crippen molar-refractivity contribution in [1.82, 2.24) is 14.8 Å². The molecule has 1 aliphatic rings. The minimum atomic E-state index is 0.110. The second-order valence-corrected chi connectivity index (χ2v) is 6.76. The van der Waals surface area contributed by atoms with E-state index in [1.807, 2.05) is 59.4 Å². The highest BCUT2D eigenvalue weighted by Gasteiger charge is 2.22. The van der Waals surface area contributed by atoms with Gasteiger partial charge in [0.25, 0.3) is 0 Å². The molecule has 1 aromatic carbocycles. The standard InChI is InChI=1S/C21H27N3O3/c1-2-27-19-6-4-17(5-7-19)14-20(25)23-10-3-11-24(13-12-23)21(26)15-18-8-9-22-16-18/h4-9,16,22H,2-3,10-15H2,1H3. The maximum absolute atomic E-state index is 12.7. The zero-order valence-electron chi connectivity index (χ0n) is 15.8. The third kappa shape index (κ3) is 5.36. The Morgan fingerprint density at radius 1 is 0.926 bits per heavy atom. The summed E-state index contributed by atoms with van der Waals surface area (Å²) in [4.78, 5) is 31.8. The van der Waals surface area contributed by atoms with E-state index in [1.165, 1.54) is 0 Å². The molecule has 2 amide bonds. The molecule has 6 nitrogen and oxygen atoms in total. The van der Waals surface area contributed by atoms with Crippen LogP contribution in [0.15, 0.2) is 42.7 Å². The van der Waals surface area contributed by atoms with E-state index in [9.17, 15) is 9.59 Å². The predicted molar refractivity (Wildman–Crippen MR) is 104 cm³/mol. The number of ether oxygens (including phenoxy) is 1. The molecule has 0 unspecified atom stereocenters. The number of amides is 2. The van der Waals surface area contributed by atoms with Gasteiger partial charge in [-0.25, -0.2) is 0 Å². The summed E-state index contributed by atoms with van der Waals surface area (Å²) in [6.07, 6.45) is 5.27. The van der Waals surface area contributed by atoms with Crippen LogP contribution in [-0.2, 0) is 22.4 Å². The van der Waals surface area contributed by atoms with Gasteiger partial charge < -0.3 is 19.5 Å². The van der Waals surface area contributed by atoms with E-state index < -0.39 is 0 Å². The molecule has 27 heavy (non-hydrogen) atoms. The van der Waals surface area contributed by atoms with Crippen LogP contribution in [0.2, 0.25) is 0 Å². The molecule has 2 heterocycles. The third-order valence-electron chi connectivity index (χ3n) is 4.81. The van der Waals surface area contributed by atoms with Crippen molar-refractivity contribution in [2.24, 2.45) is 0 Å². The van der Waals surface area contributed by atoms with Crippen molar-refractivity contribution in [3.8, 4) is 5.75 Å². The molecule has 0 aliphatic carbocycles. The number of carbonyl (C=O) groups excluding carboxylic acids is 2. The van der Waals surface area contributed by atoms with Crippen molar-refractivity contribution in [3.05, 3.63) is 53.9 Å². The quantitative estimate of drug-likeness (QED) is 0.849. The van der Waals surface area contributed by atoms with Crippen LogP contribution < -0.4 is 4.74 Å². The average Bonchev–Trinajstić information content (AvgIpc) is 3.04. The van der Waals surface area contributed by atoms with Gasteiger partial charge >= 0.3 is 0 Å². The van der Waals surface area contributed by atoms with E-state index in [0.717, 1.165) is 23.3 Å². The van der Waals surface area contributed by atoms with E-state index in [0.29, 0.717) is 45.6 Å². The maximum Gasteiger partial charge on any atom is 0.227 e. The molecule has 2 aromatic rings. The summed E-state index contributed by atoms with van der Waals surface area (Å²) in [7, 11) is 0. The molecule has 3 rings (SSSR count). The van der Waals surface area contributed by atoms with Crippen LogP contribution in [0.25, 0.3) is 0 Å². The normalized spacial score (nSPS) is 14.7. The van der Waals surface area contributed by atoms with Gasteiger partial charge in [-0.1, -0.05) is 12.1 Å². The largest absolute Gasteiger partial charge is 0.494 e. The van der Waals surface area contributed by atoms with Crippen molar-refractivity contribution < 1.29 is 14.3 Å². The Morgan fingerprint density at radius 2 is 1.56 bits per heavy atom. The monoisotopic (exact) mass is 369 g/mol. The molecule has 1 fully saturated rings. The molecule has 6 heteroatoms. The Labute approximate surface area is 160 Å². The Hall–Kier alpha value is -2.76. The van der Waals surface area contributed by atoms with Gasteiger partial charge in [0, 0.05) is 38.6 Å². The molecule has 0 atom stereocenters. The van der Waals surface area contributed by atoms with Gasteiger partial charge in [-0.15, -0.1) is 0 Å². The summed E-state index contributed by atoms with van der Waals surface area (Å²) in [5, 5.41) is 0. The summed E-state index contributed by atoms with van der Waals surface area (Å²) in [5.74, 6) is 1.05. The molecular formula is C21H27N3O3. The summed E-state index contributed by atoms with van der Waals surface area (Å²) in [6, 6.07) is 9.59. The number of H-pyrrole nitrogens is 1. The van der Waals surface area contributed by atoms with Crippen LogP contribution in [0.5, 0.6) is 5.75 Å². The molecular weight excluding hydrogens is 342 g/mol. The van der Waals surface area contributed by atoms with Gasteiger partial charge in [-0.3, -0.25) is 9.59 Å². The average molecular weight is 369 g/mol. The van der Waals surface area contributed by atoms with Crippen LogP contribution in [0.1, 0.15) is 24.5 Å². The first-order chi connectivity index (χ1) is 13.2. The van der Waals surface area contributed by atoms with Gasteiger partial charge in [-0.2, -0.15) is 0 Å². The Bertz CT molecular complexity index is 741. The van der Waals surface area contributed by atoms with Crippen LogP contribution in [0, 0.1) is 0 Å². The highest BCUT2D eigenvalue weighted by atomic mass is 16.5. The van der Waals surface area contributed by atoms with Crippen molar-refractivity contribution in [1.29, 1.82) is 0 Å². The lowest BCUT2D eigenvalue weighted by molar-refractivity contribution is -0.132. The fraction of sp³-hybridized carbons (Fsp3) is 0.429. The Balaban J connectivity index is 1.50. The molecule has 1 aromatic heterocycles. The number of benzene rings is 1. The number of rotatable bonds is 6. The van der Waals surface area contributed by atoms with Gasteiger partial charge in [0.1, 0.15) is 5.75 Å². The lowest BCUT2D eigenvalue weighted by atomic mass is 10.1. The third-order valence-corrected chi connectivity index (χ3v) is 4.81. The highest BCUT2D eigenvalue weighted by Crippen LogP contribution is 2.14. The van der Waals surface area contributed by atoms with Crippen LogP contribution in [-0.4, -0.2) is 59.4 Å². The van der Waals surface area contributed by atoms with E-state index in [1.54, 1.807) is 0 Å². The number of aromatic amines is 1. The van der Waals surface area contributed by atoms with E-state index in [-0.39, 0.29) is 11.8 Å². The molecule has 0 bridgehead atoms. The molecule has 0 spiro atoms. The van der Waals surface area contributed by atoms with Crippen molar-refractivity contribution in [3.63, 3.8) is 0 Å². The zero-order chi connectivity index (χ0) is 19.1.